The molecule has 1 fully saturated rings. The molecule has 19 heavy (non-hydrogen) atoms. The quantitative estimate of drug-likeness (QED) is 0.828. The van der Waals surface area contributed by atoms with Gasteiger partial charge >= 0.3 is 0 Å². The van der Waals surface area contributed by atoms with Crippen molar-refractivity contribution in [2.24, 2.45) is 5.92 Å². The standard InChI is InChI=1S/C16H23NO2/c1-11(2)10-19-13-6-7-14(12(3)9-13)16(18)15-5-4-8-17-15/h6-7,9,11,15,17H,4-5,8,10H2,1-3H3. The highest BCUT2D eigenvalue weighted by Gasteiger charge is 2.24. The van der Waals surface area contributed by atoms with Crippen molar-refractivity contribution in [3.05, 3.63) is 29.3 Å². The Hall–Kier alpha value is -1.35. The normalized spacial score (nSPS) is 18.8. The summed E-state index contributed by atoms with van der Waals surface area (Å²) in [6.45, 7) is 7.87. The Labute approximate surface area is 115 Å². The van der Waals surface area contributed by atoms with Gasteiger partial charge in [0.25, 0.3) is 0 Å². The summed E-state index contributed by atoms with van der Waals surface area (Å²) >= 11 is 0. The number of hydrogen-bond donors (Lipinski definition) is 1. The van der Waals surface area contributed by atoms with Gasteiger partial charge in [0.15, 0.2) is 5.78 Å². The van der Waals surface area contributed by atoms with Gasteiger partial charge in [0.1, 0.15) is 5.75 Å². The molecule has 1 atom stereocenters. The predicted molar refractivity (Wildman–Crippen MR) is 76.9 cm³/mol. The van der Waals surface area contributed by atoms with Crippen molar-refractivity contribution in [3.8, 4) is 5.75 Å². The van der Waals surface area contributed by atoms with Crippen molar-refractivity contribution in [1.82, 2.24) is 5.32 Å². The molecule has 1 aromatic carbocycles. The van der Waals surface area contributed by atoms with Gasteiger partial charge in [-0.05, 0) is 56.0 Å². The van der Waals surface area contributed by atoms with Crippen molar-refractivity contribution >= 4 is 5.78 Å². The number of ketones is 1. The number of Topliss-reactive ketones (excluding diaryl/α,β-unsaturated/α-hetero) is 1. The van der Waals surface area contributed by atoms with Crippen LogP contribution in [0.5, 0.6) is 5.75 Å². The zero-order chi connectivity index (χ0) is 13.8. The molecule has 0 bridgehead atoms. The topological polar surface area (TPSA) is 38.3 Å². The molecule has 3 nitrogen and oxygen atoms in total. The lowest BCUT2D eigenvalue weighted by Crippen LogP contribution is -2.31. The van der Waals surface area contributed by atoms with Crippen LogP contribution in [0.3, 0.4) is 0 Å². The van der Waals surface area contributed by atoms with E-state index >= 15 is 0 Å². The minimum Gasteiger partial charge on any atom is -0.493 e. The molecule has 1 aromatic rings. The van der Waals surface area contributed by atoms with Gasteiger partial charge < -0.3 is 10.1 Å². The monoisotopic (exact) mass is 261 g/mol. The van der Waals surface area contributed by atoms with E-state index in [-0.39, 0.29) is 11.8 Å². The Bertz CT molecular complexity index is 448. The van der Waals surface area contributed by atoms with Gasteiger partial charge in [-0.15, -0.1) is 0 Å². The lowest BCUT2D eigenvalue weighted by atomic mass is 9.98. The largest absolute Gasteiger partial charge is 0.493 e. The van der Waals surface area contributed by atoms with E-state index in [1.807, 2.05) is 25.1 Å². The number of carbonyl (C=O) groups is 1. The van der Waals surface area contributed by atoms with Crippen molar-refractivity contribution in [2.75, 3.05) is 13.2 Å². The number of rotatable bonds is 5. The van der Waals surface area contributed by atoms with Gasteiger partial charge in [0.05, 0.1) is 12.6 Å². The van der Waals surface area contributed by atoms with Crippen LogP contribution < -0.4 is 10.1 Å². The van der Waals surface area contributed by atoms with Gasteiger partial charge in [0, 0.05) is 5.56 Å². The van der Waals surface area contributed by atoms with Gasteiger partial charge in [-0.25, -0.2) is 0 Å². The molecule has 0 aliphatic carbocycles. The van der Waals surface area contributed by atoms with Crippen LogP contribution in [0.2, 0.25) is 0 Å². The number of hydrogen-bond acceptors (Lipinski definition) is 3. The van der Waals surface area contributed by atoms with Crippen LogP contribution in [0.15, 0.2) is 18.2 Å². The molecule has 1 N–H and O–H groups in total. The SMILES string of the molecule is Cc1cc(OCC(C)C)ccc1C(=O)C1CCCN1. The van der Waals surface area contributed by atoms with Crippen molar-refractivity contribution < 1.29 is 9.53 Å². The maximum absolute atomic E-state index is 12.3. The molecule has 104 valence electrons. The van der Waals surface area contributed by atoms with Crippen LogP contribution in [0.1, 0.15) is 42.6 Å². The third-order valence-corrected chi connectivity index (χ3v) is 3.42. The third kappa shape index (κ3) is 3.57. The van der Waals surface area contributed by atoms with E-state index in [1.165, 1.54) is 0 Å². The first-order valence-corrected chi connectivity index (χ1v) is 7.09. The second-order valence-electron chi connectivity index (χ2n) is 5.69. The number of ether oxygens (including phenoxy) is 1. The molecule has 0 amide bonds. The van der Waals surface area contributed by atoms with E-state index in [0.29, 0.717) is 12.5 Å². The zero-order valence-electron chi connectivity index (χ0n) is 12.0. The van der Waals surface area contributed by atoms with E-state index in [0.717, 1.165) is 36.3 Å². The molecule has 1 unspecified atom stereocenters. The highest BCUT2D eigenvalue weighted by atomic mass is 16.5. The fraction of sp³-hybridized carbons (Fsp3) is 0.562. The molecular weight excluding hydrogens is 238 g/mol. The van der Waals surface area contributed by atoms with Crippen LogP contribution in [0.4, 0.5) is 0 Å². The number of benzene rings is 1. The second-order valence-corrected chi connectivity index (χ2v) is 5.69. The highest BCUT2D eigenvalue weighted by molar-refractivity contribution is 6.01. The molecular formula is C16H23NO2. The smallest absolute Gasteiger partial charge is 0.179 e. The summed E-state index contributed by atoms with van der Waals surface area (Å²) in [5.74, 6) is 1.57. The Morgan fingerprint density at radius 3 is 2.84 bits per heavy atom. The van der Waals surface area contributed by atoms with Gasteiger partial charge in [-0.2, -0.15) is 0 Å². The number of carbonyl (C=O) groups excluding carboxylic acids is 1. The summed E-state index contributed by atoms with van der Waals surface area (Å²) in [6.07, 6.45) is 2.04. The van der Waals surface area contributed by atoms with Crippen molar-refractivity contribution in [1.29, 1.82) is 0 Å². The highest BCUT2D eigenvalue weighted by Crippen LogP contribution is 2.21. The summed E-state index contributed by atoms with van der Waals surface area (Å²) < 4.78 is 5.68. The van der Waals surface area contributed by atoms with E-state index < -0.39 is 0 Å². The van der Waals surface area contributed by atoms with Crippen molar-refractivity contribution in [2.45, 2.75) is 39.7 Å². The van der Waals surface area contributed by atoms with Crippen LogP contribution in [-0.2, 0) is 0 Å². The molecule has 0 spiro atoms. The van der Waals surface area contributed by atoms with E-state index in [9.17, 15) is 4.79 Å². The van der Waals surface area contributed by atoms with E-state index in [2.05, 4.69) is 19.2 Å². The van der Waals surface area contributed by atoms with E-state index in [1.54, 1.807) is 0 Å². The van der Waals surface area contributed by atoms with Gasteiger partial charge in [-0.3, -0.25) is 4.79 Å². The second kappa shape index (κ2) is 6.20. The Morgan fingerprint density at radius 1 is 1.47 bits per heavy atom. The lowest BCUT2D eigenvalue weighted by Gasteiger charge is -2.13. The molecule has 1 saturated heterocycles. The maximum Gasteiger partial charge on any atom is 0.179 e. The first-order valence-electron chi connectivity index (χ1n) is 7.09. The third-order valence-electron chi connectivity index (χ3n) is 3.42. The average molecular weight is 261 g/mol. The predicted octanol–water partition coefficient (Wildman–Crippen LogP) is 2.96. The summed E-state index contributed by atoms with van der Waals surface area (Å²) in [5.41, 5.74) is 1.82. The Morgan fingerprint density at radius 2 is 2.26 bits per heavy atom. The minimum atomic E-state index is 0.00105. The Balaban J connectivity index is 2.08. The Kier molecular flexibility index (Phi) is 4.59. The molecule has 1 aliphatic heterocycles. The fourth-order valence-electron chi connectivity index (χ4n) is 2.36. The average Bonchev–Trinajstić information content (AvgIpc) is 2.89. The molecule has 1 aliphatic rings. The molecule has 0 aromatic heterocycles. The van der Waals surface area contributed by atoms with Crippen LogP contribution in [0, 0.1) is 12.8 Å². The number of aryl methyl sites for hydroxylation is 1. The first kappa shape index (κ1) is 14.1. The fourth-order valence-corrected chi connectivity index (χ4v) is 2.36. The summed E-state index contributed by atoms with van der Waals surface area (Å²) in [5, 5.41) is 3.26. The minimum absolute atomic E-state index is 0.00105. The first-order chi connectivity index (χ1) is 9.08. The zero-order valence-corrected chi connectivity index (χ0v) is 12.0. The number of nitrogens with one attached hydrogen (secondary N) is 1. The van der Waals surface area contributed by atoms with Gasteiger partial charge in [0.2, 0.25) is 0 Å². The molecule has 2 rings (SSSR count). The van der Waals surface area contributed by atoms with E-state index in [4.69, 9.17) is 4.74 Å². The lowest BCUT2D eigenvalue weighted by molar-refractivity contribution is 0.0951. The van der Waals surface area contributed by atoms with Gasteiger partial charge in [-0.1, -0.05) is 13.8 Å². The summed E-state index contributed by atoms with van der Waals surface area (Å²) in [4.78, 5) is 12.3. The molecule has 1 heterocycles. The molecule has 0 saturated carbocycles. The molecule has 3 heteroatoms. The maximum atomic E-state index is 12.3. The summed E-state index contributed by atoms with van der Waals surface area (Å²) in [6, 6.07) is 5.76. The molecule has 0 radical (unpaired) electrons. The summed E-state index contributed by atoms with van der Waals surface area (Å²) in [7, 11) is 0. The van der Waals surface area contributed by atoms with Crippen LogP contribution in [0.25, 0.3) is 0 Å². The van der Waals surface area contributed by atoms with Crippen LogP contribution >= 0.6 is 0 Å². The van der Waals surface area contributed by atoms with Crippen LogP contribution in [-0.4, -0.2) is 25.0 Å². The van der Waals surface area contributed by atoms with Crippen molar-refractivity contribution in [3.63, 3.8) is 0 Å².